The van der Waals surface area contributed by atoms with Crippen molar-refractivity contribution >= 4 is 22.9 Å². The molecule has 0 atom stereocenters. The Morgan fingerprint density at radius 1 is 1.24 bits per heavy atom. The van der Waals surface area contributed by atoms with Crippen LogP contribution in [0.5, 0.6) is 0 Å². The molecule has 1 heterocycles. The maximum absolute atomic E-state index is 12.0. The van der Waals surface area contributed by atoms with Crippen molar-refractivity contribution in [3.63, 3.8) is 0 Å². The lowest BCUT2D eigenvalue weighted by atomic mass is 10.2. The summed E-state index contributed by atoms with van der Waals surface area (Å²) in [5.41, 5.74) is 1.72. The fourth-order valence-corrected chi connectivity index (χ4v) is 3.06. The number of rotatable bonds is 6. The van der Waals surface area contributed by atoms with E-state index in [0.717, 1.165) is 37.1 Å². The van der Waals surface area contributed by atoms with Gasteiger partial charge >= 0.3 is 0 Å². The summed E-state index contributed by atoms with van der Waals surface area (Å²) in [7, 11) is 0. The van der Waals surface area contributed by atoms with Crippen LogP contribution in [0.4, 0.5) is 5.69 Å². The van der Waals surface area contributed by atoms with Gasteiger partial charge in [0.1, 0.15) is 0 Å². The molecule has 4 heteroatoms. The summed E-state index contributed by atoms with van der Waals surface area (Å²) in [5, 5.41) is 6.41. The summed E-state index contributed by atoms with van der Waals surface area (Å²) < 4.78 is 0. The highest BCUT2D eigenvalue weighted by molar-refractivity contribution is 7.12. The van der Waals surface area contributed by atoms with E-state index in [1.807, 2.05) is 35.6 Å². The number of aryl methyl sites for hydroxylation is 1. The van der Waals surface area contributed by atoms with Crippen molar-refractivity contribution in [3.8, 4) is 0 Å². The molecule has 0 bridgehead atoms. The van der Waals surface area contributed by atoms with Crippen molar-refractivity contribution in [1.82, 2.24) is 5.32 Å². The zero-order valence-corrected chi connectivity index (χ0v) is 13.0. The Morgan fingerprint density at radius 3 is 2.76 bits per heavy atom. The Morgan fingerprint density at radius 2 is 2.05 bits per heavy atom. The Bertz CT molecular complexity index is 631. The van der Waals surface area contributed by atoms with Gasteiger partial charge in [-0.25, -0.2) is 0 Å². The lowest BCUT2D eigenvalue weighted by molar-refractivity contribution is 0.0951. The second-order valence-electron chi connectivity index (χ2n) is 5.40. The molecule has 21 heavy (non-hydrogen) atoms. The van der Waals surface area contributed by atoms with Gasteiger partial charge in [-0.3, -0.25) is 4.79 Å². The van der Waals surface area contributed by atoms with E-state index in [1.165, 1.54) is 9.75 Å². The van der Waals surface area contributed by atoms with Gasteiger partial charge in [0, 0.05) is 33.6 Å². The molecule has 2 aromatic rings. The average Bonchev–Trinajstić information content (AvgIpc) is 3.20. The highest BCUT2D eigenvalue weighted by Gasteiger charge is 2.23. The van der Waals surface area contributed by atoms with E-state index < -0.39 is 0 Å². The van der Waals surface area contributed by atoms with Crippen LogP contribution in [-0.4, -0.2) is 11.9 Å². The molecule has 1 saturated carbocycles. The topological polar surface area (TPSA) is 41.1 Å². The molecule has 1 aliphatic carbocycles. The minimum Gasteiger partial charge on any atom is -0.380 e. The molecule has 0 spiro atoms. The Hall–Kier alpha value is -1.81. The van der Waals surface area contributed by atoms with Crippen LogP contribution in [0.3, 0.4) is 0 Å². The van der Waals surface area contributed by atoms with Gasteiger partial charge in [-0.15, -0.1) is 11.3 Å². The van der Waals surface area contributed by atoms with Crippen molar-refractivity contribution in [2.75, 3.05) is 5.32 Å². The smallest absolute Gasteiger partial charge is 0.251 e. The number of benzene rings is 1. The van der Waals surface area contributed by atoms with E-state index in [2.05, 4.69) is 29.7 Å². The monoisotopic (exact) mass is 300 g/mol. The Balaban J connectivity index is 1.60. The van der Waals surface area contributed by atoms with Crippen molar-refractivity contribution < 1.29 is 4.79 Å². The van der Waals surface area contributed by atoms with Crippen LogP contribution in [0, 0.1) is 0 Å². The van der Waals surface area contributed by atoms with Gasteiger partial charge in [-0.1, -0.05) is 13.0 Å². The summed E-state index contributed by atoms with van der Waals surface area (Å²) >= 11 is 1.84. The van der Waals surface area contributed by atoms with Gasteiger partial charge < -0.3 is 10.6 Å². The lowest BCUT2D eigenvalue weighted by Gasteiger charge is -2.08. The third kappa shape index (κ3) is 3.85. The number of anilines is 1. The van der Waals surface area contributed by atoms with E-state index in [9.17, 15) is 4.79 Å². The molecule has 110 valence electrons. The van der Waals surface area contributed by atoms with Crippen LogP contribution in [-0.2, 0) is 13.0 Å². The number of hydrogen-bond donors (Lipinski definition) is 2. The van der Waals surface area contributed by atoms with Crippen LogP contribution in [0.15, 0.2) is 36.4 Å². The van der Waals surface area contributed by atoms with Crippen molar-refractivity contribution in [2.45, 2.75) is 38.8 Å². The molecule has 2 N–H and O–H groups in total. The summed E-state index contributed by atoms with van der Waals surface area (Å²) in [6, 6.07) is 12.5. The van der Waals surface area contributed by atoms with Crippen molar-refractivity contribution in [2.24, 2.45) is 0 Å². The van der Waals surface area contributed by atoms with Gasteiger partial charge in [0.2, 0.25) is 0 Å². The second kappa shape index (κ2) is 6.31. The summed E-state index contributed by atoms with van der Waals surface area (Å²) in [6.45, 7) is 2.98. The maximum Gasteiger partial charge on any atom is 0.251 e. The number of thiophene rings is 1. The molecule has 3 rings (SSSR count). The highest BCUT2D eigenvalue weighted by Crippen LogP contribution is 2.21. The van der Waals surface area contributed by atoms with E-state index in [4.69, 9.17) is 0 Å². The zero-order chi connectivity index (χ0) is 14.7. The molecule has 0 saturated heterocycles. The predicted octanol–water partition coefficient (Wildman–Crippen LogP) is 3.81. The van der Waals surface area contributed by atoms with Crippen LogP contribution in [0.25, 0.3) is 0 Å². The number of nitrogens with one attached hydrogen (secondary N) is 2. The first kappa shape index (κ1) is 14.1. The lowest BCUT2D eigenvalue weighted by Crippen LogP contribution is -2.25. The molecule has 1 aliphatic rings. The predicted molar refractivity (Wildman–Crippen MR) is 88.0 cm³/mol. The van der Waals surface area contributed by atoms with Crippen LogP contribution in [0.1, 0.15) is 39.9 Å². The van der Waals surface area contributed by atoms with Crippen molar-refractivity contribution in [3.05, 3.63) is 51.7 Å². The molecular weight excluding hydrogens is 280 g/mol. The molecule has 3 nitrogen and oxygen atoms in total. The Labute approximate surface area is 129 Å². The van der Waals surface area contributed by atoms with E-state index in [0.29, 0.717) is 6.04 Å². The molecule has 1 aromatic carbocycles. The first-order chi connectivity index (χ1) is 10.2. The van der Waals surface area contributed by atoms with Gasteiger partial charge in [0.15, 0.2) is 0 Å². The molecule has 1 fully saturated rings. The van der Waals surface area contributed by atoms with Crippen LogP contribution >= 0.6 is 11.3 Å². The first-order valence-corrected chi connectivity index (χ1v) is 8.28. The third-order valence-electron chi connectivity index (χ3n) is 3.57. The molecule has 1 amide bonds. The van der Waals surface area contributed by atoms with Gasteiger partial charge in [-0.05, 0) is 49.6 Å². The average molecular weight is 300 g/mol. The number of amides is 1. The largest absolute Gasteiger partial charge is 0.380 e. The fourth-order valence-electron chi connectivity index (χ4n) is 2.16. The highest BCUT2D eigenvalue weighted by atomic mass is 32.1. The molecule has 0 unspecified atom stereocenters. The van der Waals surface area contributed by atoms with Gasteiger partial charge in [-0.2, -0.15) is 0 Å². The van der Waals surface area contributed by atoms with Crippen LogP contribution in [0.2, 0.25) is 0 Å². The van der Waals surface area contributed by atoms with E-state index in [1.54, 1.807) is 0 Å². The quantitative estimate of drug-likeness (QED) is 0.851. The second-order valence-corrected chi connectivity index (χ2v) is 6.66. The normalized spacial score (nSPS) is 14.0. The molecule has 0 radical (unpaired) electrons. The molecule has 0 aliphatic heterocycles. The summed E-state index contributed by atoms with van der Waals surface area (Å²) in [5.74, 6) is 0.0329. The van der Waals surface area contributed by atoms with Gasteiger partial charge in [0.25, 0.3) is 5.91 Å². The van der Waals surface area contributed by atoms with E-state index >= 15 is 0 Å². The number of carbonyl (C=O) groups is 1. The minimum absolute atomic E-state index is 0.0329. The van der Waals surface area contributed by atoms with Crippen LogP contribution < -0.4 is 10.6 Å². The van der Waals surface area contributed by atoms with Crippen molar-refractivity contribution in [1.29, 1.82) is 0 Å². The maximum atomic E-state index is 12.0. The molecule has 1 aromatic heterocycles. The van der Waals surface area contributed by atoms with E-state index in [-0.39, 0.29) is 5.91 Å². The number of hydrogen-bond acceptors (Lipinski definition) is 3. The Kier molecular flexibility index (Phi) is 4.25. The SMILES string of the molecule is CCc1ccc(CNc2cccc(C(=O)NC3CC3)c2)s1. The standard InChI is InChI=1S/C17H20N2OS/c1-2-15-8-9-16(21-15)11-18-14-5-3-4-12(10-14)17(20)19-13-6-7-13/h3-5,8-10,13,18H,2,6-7,11H2,1H3,(H,19,20). The fraction of sp³-hybridized carbons (Fsp3) is 0.353. The minimum atomic E-state index is 0.0329. The molecular formula is C17H20N2OS. The number of carbonyl (C=O) groups excluding carboxylic acids is 1. The summed E-state index contributed by atoms with van der Waals surface area (Å²) in [4.78, 5) is 14.8. The van der Waals surface area contributed by atoms with Gasteiger partial charge in [0.05, 0.1) is 0 Å². The zero-order valence-electron chi connectivity index (χ0n) is 12.2. The first-order valence-electron chi connectivity index (χ1n) is 7.47. The third-order valence-corrected chi connectivity index (χ3v) is 4.80. The summed E-state index contributed by atoms with van der Waals surface area (Å²) in [6.07, 6.45) is 3.31.